The number of thioether (sulfide) groups is 1. The number of benzene rings is 2. The van der Waals surface area contributed by atoms with Crippen molar-refractivity contribution in [3.05, 3.63) is 48.0 Å². The largest absolute Gasteiger partial charge is 0.482 e. The van der Waals surface area contributed by atoms with Crippen LogP contribution in [0.15, 0.2) is 47.6 Å². The number of carbonyl (C=O) groups excluding carboxylic acids is 2. The topological polar surface area (TPSA) is 89.3 Å². The summed E-state index contributed by atoms with van der Waals surface area (Å²) in [4.78, 5) is 27.0. The van der Waals surface area contributed by atoms with Crippen LogP contribution in [0, 0.1) is 0 Å². The standard InChI is InChI=1S/C25H29N5O3S/c1-5-29(6-2)19-11-8-17(9-12-19)24-27-28-25(30(24)7-3)34-16(4)23(32)18-10-13-21-20(14-18)26-22(31)15-33-21/h8-14,16H,5-7,15H2,1-4H3,(H,26,31). The molecular formula is C25H29N5O3S. The average molecular weight is 480 g/mol. The van der Waals surface area contributed by atoms with Gasteiger partial charge in [-0.3, -0.25) is 9.59 Å². The molecule has 1 atom stereocenters. The van der Waals surface area contributed by atoms with Crippen molar-refractivity contribution in [2.45, 2.75) is 44.6 Å². The SMILES string of the molecule is CCN(CC)c1ccc(-c2nnc(SC(C)C(=O)c3ccc4c(c3)NC(=O)CO4)n2CC)cc1. The first kappa shape index (κ1) is 23.8. The summed E-state index contributed by atoms with van der Waals surface area (Å²) in [6.07, 6.45) is 0. The summed E-state index contributed by atoms with van der Waals surface area (Å²) in [6, 6.07) is 13.5. The number of nitrogens with zero attached hydrogens (tertiary/aromatic N) is 4. The lowest BCUT2D eigenvalue weighted by molar-refractivity contribution is -0.118. The number of ketones is 1. The van der Waals surface area contributed by atoms with Gasteiger partial charge in [0.05, 0.1) is 10.9 Å². The van der Waals surface area contributed by atoms with Gasteiger partial charge in [0.25, 0.3) is 5.91 Å². The third-order valence-corrected chi connectivity index (χ3v) is 6.92. The maximum Gasteiger partial charge on any atom is 0.262 e. The fourth-order valence-electron chi connectivity index (χ4n) is 3.97. The van der Waals surface area contributed by atoms with Crippen LogP contribution in [-0.2, 0) is 11.3 Å². The highest BCUT2D eigenvalue weighted by atomic mass is 32.2. The highest BCUT2D eigenvalue weighted by Gasteiger charge is 2.24. The Hall–Kier alpha value is -3.33. The summed E-state index contributed by atoms with van der Waals surface area (Å²) < 4.78 is 7.41. The van der Waals surface area contributed by atoms with Crippen LogP contribution in [0.5, 0.6) is 5.75 Å². The van der Waals surface area contributed by atoms with Crippen molar-refractivity contribution in [1.82, 2.24) is 14.8 Å². The van der Waals surface area contributed by atoms with Crippen molar-refractivity contribution in [3.8, 4) is 17.1 Å². The van der Waals surface area contributed by atoms with E-state index < -0.39 is 0 Å². The molecule has 34 heavy (non-hydrogen) atoms. The van der Waals surface area contributed by atoms with Gasteiger partial charge in [0.2, 0.25) is 0 Å². The van der Waals surface area contributed by atoms with Crippen LogP contribution in [-0.4, -0.2) is 51.4 Å². The number of rotatable bonds is 9. The molecule has 1 amide bonds. The predicted molar refractivity (Wildman–Crippen MR) is 135 cm³/mol. The Balaban J connectivity index is 1.52. The van der Waals surface area contributed by atoms with Crippen LogP contribution in [0.3, 0.4) is 0 Å². The Labute approximate surface area is 203 Å². The van der Waals surface area contributed by atoms with Gasteiger partial charge in [0.15, 0.2) is 23.4 Å². The average Bonchev–Trinajstić information content (AvgIpc) is 3.26. The number of Topliss-reactive ketones (excluding diaryl/α,β-unsaturated/α-hetero) is 1. The molecule has 1 N–H and O–H groups in total. The predicted octanol–water partition coefficient (Wildman–Crippen LogP) is 4.51. The summed E-state index contributed by atoms with van der Waals surface area (Å²) in [5, 5.41) is 11.9. The van der Waals surface area contributed by atoms with Crippen LogP contribution < -0.4 is 15.0 Å². The van der Waals surface area contributed by atoms with Crippen molar-refractivity contribution < 1.29 is 14.3 Å². The minimum atomic E-state index is -0.384. The number of hydrogen-bond donors (Lipinski definition) is 1. The molecule has 1 aromatic heterocycles. The highest BCUT2D eigenvalue weighted by Crippen LogP contribution is 2.32. The number of hydrogen-bond acceptors (Lipinski definition) is 7. The minimum absolute atomic E-state index is 0.0141. The number of aromatic nitrogens is 3. The van der Waals surface area contributed by atoms with Gasteiger partial charge in [0, 0.05) is 36.4 Å². The second-order valence-corrected chi connectivity index (χ2v) is 9.25. The quantitative estimate of drug-likeness (QED) is 0.357. The van der Waals surface area contributed by atoms with Crippen molar-refractivity contribution >= 4 is 34.8 Å². The van der Waals surface area contributed by atoms with Gasteiger partial charge in [-0.15, -0.1) is 10.2 Å². The van der Waals surface area contributed by atoms with Crippen LogP contribution in [0.25, 0.3) is 11.4 Å². The molecule has 0 bridgehead atoms. The van der Waals surface area contributed by atoms with Crippen molar-refractivity contribution in [2.24, 2.45) is 0 Å². The van der Waals surface area contributed by atoms with Gasteiger partial charge in [-0.1, -0.05) is 11.8 Å². The molecule has 0 saturated heterocycles. The number of fused-ring (bicyclic) bond motifs is 1. The van der Waals surface area contributed by atoms with Gasteiger partial charge in [-0.05, 0) is 70.2 Å². The molecule has 178 valence electrons. The molecule has 0 fully saturated rings. The third-order valence-electron chi connectivity index (χ3n) is 5.84. The molecular weight excluding hydrogens is 450 g/mol. The first-order valence-electron chi connectivity index (χ1n) is 11.5. The lowest BCUT2D eigenvalue weighted by atomic mass is 10.1. The summed E-state index contributed by atoms with van der Waals surface area (Å²) >= 11 is 1.38. The monoisotopic (exact) mass is 479 g/mol. The van der Waals surface area contributed by atoms with Gasteiger partial charge in [-0.2, -0.15) is 0 Å². The van der Waals surface area contributed by atoms with E-state index >= 15 is 0 Å². The molecule has 8 nitrogen and oxygen atoms in total. The molecule has 1 aliphatic heterocycles. The van der Waals surface area contributed by atoms with Gasteiger partial charge < -0.3 is 19.5 Å². The zero-order chi connectivity index (χ0) is 24.2. The Bertz CT molecular complexity index is 1190. The lowest BCUT2D eigenvalue weighted by Gasteiger charge is -2.21. The number of amides is 1. The Morgan fingerprint density at radius 3 is 2.56 bits per heavy atom. The summed E-state index contributed by atoms with van der Waals surface area (Å²) in [5.74, 6) is 1.07. The Kier molecular flexibility index (Phi) is 7.21. The second-order valence-electron chi connectivity index (χ2n) is 7.94. The second kappa shape index (κ2) is 10.3. The zero-order valence-corrected chi connectivity index (χ0v) is 20.7. The van der Waals surface area contributed by atoms with E-state index in [0.717, 1.165) is 24.5 Å². The van der Waals surface area contributed by atoms with Crippen molar-refractivity contribution in [2.75, 3.05) is 29.9 Å². The maximum atomic E-state index is 13.1. The van der Waals surface area contributed by atoms with E-state index in [2.05, 4.69) is 58.5 Å². The highest BCUT2D eigenvalue weighted by molar-refractivity contribution is 8.00. The van der Waals surface area contributed by atoms with E-state index in [1.54, 1.807) is 18.2 Å². The van der Waals surface area contributed by atoms with E-state index in [4.69, 9.17) is 4.74 Å². The first-order chi connectivity index (χ1) is 16.4. The number of nitrogens with one attached hydrogen (secondary N) is 1. The molecule has 2 heterocycles. The van der Waals surface area contributed by atoms with Crippen LogP contribution in [0.4, 0.5) is 11.4 Å². The molecule has 2 aromatic carbocycles. The van der Waals surface area contributed by atoms with Gasteiger partial charge in [-0.25, -0.2) is 0 Å². The van der Waals surface area contributed by atoms with E-state index in [0.29, 0.717) is 28.7 Å². The van der Waals surface area contributed by atoms with Crippen LogP contribution in [0.2, 0.25) is 0 Å². The molecule has 1 unspecified atom stereocenters. The van der Waals surface area contributed by atoms with E-state index in [9.17, 15) is 9.59 Å². The third kappa shape index (κ3) is 4.79. The number of carbonyl (C=O) groups is 2. The van der Waals surface area contributed by atoms with Gasteiger partial charge >= 0.3 is 0 Å². The van der Waals surface area contributed by atoms with E-state index in [-0.39, 0.29) is 23.5 Å². The van der Waals surface area contributed by atoms with Crippen LogP contribution >= 0.6 is 11.8 Å². The molecule has 0 aliphatic carbocycles. The molecule has 0 radical (unpaired) electrons. The number of anilines is 2. The fraction of sp³-hybridized carbons (Fsp3) is 0.360. The molecule has 1 aliphatic rings. The Morgan fingerprint density at radius 2 is 1.88 bits per heavy atom. The summed E-state index contributed by atoms with van der Waals surface area (Å²) in [5.41, 5.74) is 3.20. The van der Waals surface area contributed by atoms with Crippen molar-refractivity contribution in [1.29, 1.82) is 0 Å². The molecule has 0 spiro atoms. The normalized spacial score (nSPS) is 13.6. The lowest BCUT2D eigenvalue weighted by Crippen LogP contribution is -2.25. The maximum absolute atomic E-state index is 13.1. The van der Waals surface area contributed by atoms with Gasteiger partial charge in [0.1, 0.15) is 5.75 Å². The Morgan fingerprint density at radius 1 is 1.15 bits per heavy atom. The summed E-state index contributed by atoms with van der Waals surface area (Å²) in [6.45, 7) is 10.8. The number of ether oxygens (including phenoxy) is 1. The van der Waals surface area contributed by atoms with Crippen molar-refractivity contribution in [3.63, 3.8) is 0 Å². The molecule has 0 saturated carbocycles. The first-order valence-corrected chi connectivity index (χ1v) is 12.4. The summed E-state index contributed by atoms with van der Waals surface area (Å²) in [7, 11) is 0. The van der Waals surface area contributed by atoms with E-state index in [1.807, 2.05) is 18.4 Å². The van der Waals surface area contributed by atoms with E-state index in [1.165, 1.54) is 17.4 Å². The molecule has 9 heteroatoms. The molecule has 4 rings (SSSR count). The fourth-order valence-corrected chi connectivity index (χ4v) is 4.96. The van der Waals surface area contributed by atoms with Crippen LogP contribution in [0.1, 0.15) is 38.1 Å². The minimum Gasteiger partial charge on any atom is -0.482 e. The smallest absolute Gasteiger partial charge is 0.262 e. The zero-order valence-electron chi connectivity index (χ0n) is 19.9. The molecule has 3 aromatic rings.